The normalized spacial score (nSPS) is 11.6. The second-order valence-electron chi connectivity index (χ2n) is 5.38. The SMILES string of the molecule is COc1cc2ncnc(Nc3ccc(F)c(Cl)c3)c2cc1P(=O)(OC)OC. The lowest BCUT2D eigenvalue weighted by atomic mass is 10.2. The largest absolute Gasteiger partial charge is 0.496 e. The molecule has 3 rings (SSSR count). The van der Waals surface area contributed by atoms with Crippen LogP contribution in [0.1, 0.15) is 0 Å². The first-order chi connectivity index (χ1) is 12.9. The van der Waals surface area contributed by atoms with Crippen LogP contribution in [-0.2, 0) is 13.6 Å². The van der Waals surface area contributed by atoms with Gasteiger partial charge in [-0.2, -0.15) is 0 Å². The van der Waals surface area contributed by atoms with Gasteiger partial charge in [0.05, 0.1) is 17.6 Å². The topological polar surface area (TPSA) is 82.6 Å². The summed E-state index contributed by atoms with van der Waals surface area (Å²) in [6, 6.07) is 7.39. The number of nitrogens with one attached hydrogen (secondary N) is 1. The molecule has 3 aromatic rings. The van der Waals surface area contributed by atoms with Gasteiger partial charge in [-0.25, -0.2) is 14.4 Å². The first-order valence-corrected chi connectivity index (χ1v) is 9.61. The van der Waals surface area contributed by atoms with Crippen LogP contribution in [0.4, 0.5) is 15.9 Å². The van der Waals surface area contributed by atoms with Crippen LogP contribution in [0.3, 0.4) is 0 Å². The summed E-state index contributed by atoms with van der Waals surface area (Å²) >= 11 is 5.83. The Morgan fingerprint density at radius 2 is 1.85 bits per heavy atom. The number of hydrogen-bond donors (Lipinski definition) is 1. The number of anilines is 2. The Bertz CT molecular complexity index is 1040. The predicted octanol–water partition coefficient (Wildman–Crippen LogP) is 4.29. The third-order valence-electron chi connectivity index (χ3n) is 3.89. The van der Waals surface area contributed by atoms with Gasteiger partial charge in [0.2, 0.25) is 0 Å². The standard InChI is InChI=1S/C17H16ClFN3O4P/c1-24-15-8-14-11(7-16(15)27(23,25-2)26-3)17(21-9-20-14)22-10-4-5-13(19)12(18)6-10/h4-9H,1-3H3,(H,20,21,22). The Balaban J connectivity index is 2.16. The molecule has 0 atom stereocenters. The summed E-state index contributed by atoms with van der Waals surface area (Å²) in [7, 11) is 0.432. The van der Waals surface area contributed by atoms with Crippen LogP contribution in [0.25, 0.3) is 10.9 Å². The number of benzene rings is 2. The van der Waals surface area contributed by atoms with Crippen molar-refractivity contribution in [3.05, 3.63) is 47.5 Å². The van der Waals surface area contributed by atoms with Crippen LogP contribution < -0.4 is 15.4 Å². The molecular formula is C17H16ClFN3O4P. The van der Waals surface area contributed by atoms with E-state index in [-0.39, 0.29) is 10.3 Å². The minimum atomic E-state index is -3.59. The summed E-state index contributed by atoms with van der Waals surface area (Å²) in [6.07, 6.45) is 1.36. The van der Waals surface area contributed by atoms with E-state index in [1.165, 1.54) is 45.9 Å². The number of aromatic nitrogens is 2. The molecule has 0 saturated heterocycles. The zero-order valence-corrected chi connectivity index (χ0v) is 16.3. The Hall–Kier alpha value is -2.25. The summed E-state index contributed by atoms with van der Waals surface area (Å²) in [5, 5.41) is 3.81. The molecule has 142 valence electrons. The van der Waals surface area contributed by atoms with E-state index in [1.807, 2.05) is 0 Å². The molecule has 2 aromatic carbocycles. The number of ether oxygens (including phenoxy) is 1. The number of fused-ring (bicyclic) bond motifs is 1. The molecule has 0 radical (unpaired) electrons. The van der Waals surface area contributed by atoms with Crippen molar-refractivity contribution >= 4 is 46.9 Å². The van der Waals surface area contributed by atoms with Crippen LogP contribution in [0.15, 0.2) is 36.7 Å². The molecule has 27 heavy (non-hydrogen) atoms. The number of halogens is 2. The number of rotatable bonds is 6. The third kappa shape index (κ3) is 3.75. The van der Waals surface area contributed by atoms with E-state index in [0.717, 1.165) is 0 Å². The molecule has 0 saturated carbocycles. The van der Waals surface area contributed by atoms with E-state index in [4.69, 9.17) is 25.4 Å². The molecule has 1 N–H and O–H groups in total. The highest BCUT2D eigenvalue weighted by molar-refractivity contribution is 7.62. The fraction of sp³-hybridized carbons (Fsp3) is 0.176. The minimum absolute atomic E-state index is 0.0241. The highest BCUT2D eigenvalue weighted by atomic mass is 35.5. The average molecular weight is 412 g/mol. The second-order valence-corrected chi connectivity index (χ2v) is 7.99. The summed E-state index contributed by atoms with van der Waals surface area (Å²) in [5.74, 6) is 0.192. The van der Waals surface area contributed by atoms with E-state index in [0.29, 0.717) is 28.2 Å². The highest BCUT2D eigenvalue weighted by Crippen LogP contribution is 2.48. The molecule has 0 aliphatic heterocycles. The molecule has 0 amide bonds. The van der Waals surface area contributed by atoms with Crippen LogP contribution in [0, 0.1) is 5.82 Å². The van der Waals surface area contributed by atoms with Crippen molar-refractivity contribution in [2.24, 2.45) is 0 Å². The fourth-order valence-electron chi connectivity index (χ4n) is 2.53. The Morgan fingerprint density at radius 3 is 2.48 bits per heavy atom. The summed E-state index contributed by atoms with van der Waals surface area (Å²) in [5.41, 5.74) is 1.07. The van der Waals surface area contributed by atoms with Gasteiger partial charge in [0, 0.05) is 31.4 Å². The van der Waals surface area contributed by atoms with Crippen molar-refractivity contribution in [2.75, 3.05) is 26.6 Å². The number of nitrogens with zero attached hydrogens (tertiary/aromatic N) is 2. The van der Waals surface area contributed by atoms with Gasteiger partial charge in [0.25, 0.3) is 0 Å². The zero-order chi connectivity index (χ0) is 19.6. The maximum Gasteiger partial charge on any atom is 0.364 e. The van der Waals surface area contributed by atoms with Gasteiger partial charge in [-0.15, -0.1) is 0 Å². The molecule has 0 spiro atoms. The molecule has 0 unspecified atom stereocenters. The lowest BCUT2D eigenvalue weighted by molar-refractivity contribution is 0.286. The second kappa shape index (κ2) is 7.78. The monoisotopic (exact) mass is 411 g/mol. The first-order valence-electron chi connectivity index (χ1n) is 7.68. The Morgan fingerprint density at radius 1 is 1.11 bits per heavy atom. The molecule has 10 heteroatoms. The lowest BCUT2D eigenvalue weighted by Gasteiger charge is -2.18. The molecule has 0 aliphatic carbocycles. The molecule has 0 bridgehead atoms. The van der Waals surface area contributed by atoms with Crippen molar-refractivity contribution in [1.82, 2.24) is 9.97 Å². The van der Waals surface area contributed by atoms with Crippen LogP contribution in [-0.4, -0.2) is 31.3 Å². The molecule has 1 aromatic heterocycles. The van der Waals surface area contributed by atoms with Crippen molar-refractivity contribution in [2.45, 2.75) is 0 Å². The number of hydrogen-bond acceptors (Lipinski definition) is 7. The van der Waals surface area contributed by atoms with Gasteiger partial charge in [-0.3, -0.25) is 4.57 Å². The van der Waals surface area contributed by atoms with Crippen LogP contribution in [0.5, 0.6) is 5.75 Å². The predicted molar refractivity (Wildman–Crippen MR) is 102 cm³/mol. The maximum absolute atomic E-state index is 13.4. The van der Waals surface area contributed by atoms with E-state index < -0.39 is 13.4 Å². The van der Waals surface area contributed by atoms with Gasteiger partial charge < -0.3 is 19.1 Å². The van der Waals surface area contributed by atoms with E-state index in [9.17, 15) is 8.96 Å². The molecule has 0 aliphatic rings. The Labute approximate surface area is 160 Å². The van der Waals surface area contributed by atoms with E-state index >= 15 is 0 Å². The Kier molecular flexibility index (Phi) is 5.62. The van der Waals surface area contributed by atoms with Crippen molar-refractivity contribution < 1.29 is 22.7 Å². The first kappa shape index (κ1) is 19.5. The third-order valence-corrected chi connectivity index (χ3v) is 6.08. The van der Waals surface area contributed by atoms with Crippen LogP contribution in [0.2, 0.25) is 5.02 Å². The minimum Gasteiger partial charge on any atom is -0.496 e. The van der Waals surface area contributed by atoms with Crippen molar-refractivity contribution in [3.8, 4) is 5.75 Å². The summed E-state index contributed by atoms with van der Waals surface area (Å²) in [6.45, 7) is 0. The summed E-state index contributed by atoms with van der Waals surface area (Å²) < 4.78 is 41.7. The zero-order valence-electron chi connectivity index (χ0n) is 14.7. The quantitative estimate of drug-likeness (QED) is 0.606. The fourth-order valence-corrected chi connectivity index (χ4v) is 3.97. The van der Waals surface area contributed by atoms with Gasteiger partial charge in [-0.05, 0) is 24.3 Å². The highest BCUT2D eigenvalue weighted by Gasteiger charge is 2.30. The van der Waals surface area contributed by atoms with Gasteiger partial charge in [-0.1, -0.05) is 11.6 Å². The smallest absolute Gasteiger partial charge is 0.364 e. The average Bonchev–Trinajstić information content (AvgIpc) is 2.69. The molecular weight excluding hydrogens is 396 g/mol. The van der Waals surface area contributed by atoms with Gasteiger partial charge in [0.15, 0.2) is 0 Å². The summed E-state index contributed by atoms with van der Waals surface area (Å²) in [4.78, 5) is 8.42. The van der Waals surface area contributed by atoms with Gasteiger partial charge >= 0.3 is 7.60 Å². The lowest BCUT2D eigenvalue weighted by Crippen LogP contribution is -2.12. The van der Waals surface area contributed by atoms with Gasteiger partial charge in [0.1, 0.15) is 29.0 Å². The van der Waals surface area contributed by atoms with Crippen LogP contribution >= 0.6 is 19.2 Å². The molecule has 1 heterocycles. The van der Waals surface area contributed by atoms with Crippen molar-refractivity contribution in [3.63, 3.8) is 0 Å². The maximum atomic E-state index is 13.4. The van der Waals surface area contributed by atoms with E-state index in [1.54, 1.807) is 12.1 Å². The van der Waals surface area contributed by atoms with E-state index in [2.05, 4.69) is 15.3 Å². The van der Waals surface area contributed by atoms with Crippen molar-refractivity contribution in [1.29, 1.82) is 0 Å². The molecule has 7 nitrogen and oxygen atoms in total. The molecule has 0 fully saturated rings. The number of methoxy groups -OCH3 is 1.